The molecule has 0 N–H and O–H groups in total. The standard InChI is InChI=1S/C22F20.C22F16O2/c23-5-1-2(6(24)10(28)9(5)27)18(33,34)14-13(17(1,31)32)21(39,40)15-16(22(14,41)42)20(37,38)4-3(19(15,35)36)7(25)11(29)12(30)8(4)26;23-9-1-2(10(24)14(28)13(9)27)20(33,34)6-5(19(1,31)32)17(39)7-8(18(6)40)22(37,38)4-3(21(7,35)36)11(25)15(29)16(30)12(4)26. The zero-order valence-corrected chi connectivity index (χ0v) is 36.4. The number of rotatable bonds is 0. The molecule has 0 saturated carbocycles. The minimum atomic E-state index is -7.05. The van der Waals surface area contributed by atoms with E-state index in [0.29, 0.717) is 0 Å². The van der Waals surface area contributed by atoms with Crippen LogP contribution in [0.1, 0.15) is 44.5 Å². The van der Waals surface area contributed by atoms with Crippen molar-refractivity contribution in [3.8, 4) is 0 Å². The van der Waals surface area contributed by atoms with Gasteiger partial charge in [0.15, 0.2) is 105 Å². The van der Waals surface area contributed by atoms with Gasteiger partial charge < -0.3 is 0 Å². The van der Waals surface area contributed by atoms with Crippen LogP contribution >= 0.6 is 0 Å². The number of halogens is 36. The molecule has 2 nitrogen and oxygen atoms in total. The molecule has 0 unspecified atom stereocenters. The Morgan fingerprint density at radius 1 is 0.159 bits per heavy atom. The number of ketones is 2. The highest BCUT2D eigenvalue weighted by molar-refractivity contribution is 6.28. The van der Waals surface area contributed by atoms with Crippen LogP contribution in [0.2, 0.25) is 0 Å². The number of alkyl halides is 20. The van der Waals surface area contributed by atoms with Crippen LogP contribution in [-0.4, -0.2) is 23.4 Å². The molecule has 0 amide bonds. The normalized spacial score (nSPS) is 22.7. The number of benzene rings is 4. The zero-order chi connectivity index (χ0) is 62.6. The summed E-state index contributed by atoms with van der Waals surface area (Å²) >= 11 is 0. The summed E-state index contributed by atoms with van der Waals surface area (Å²) in [5.41, 5.74) is -57.9. The van der Waals surface area contributed by atoms with Gasteiger partial charge in [0.2, 0.25) is 0 Å². The van der Waals surface area contributed by atoms with Gasteiger partial charge in [-0.15, -0.1) is 0 Å². The molecule has 0 aliphatic heterocycles. The van der Waals surface area contributed by atoms with Gasteiger partial charge >= 0.3 is 59.2 Å². The quantitative estimate of drug-likeness (QED) is 0.0578. The van der Waals surface area contributed by atoms with Crippen molar-refractivity contribution >= 4 is 11.6 Å². The van der Waals surface area contributed by atoms with Gasteiger partial charge in [0, 0.05) is 0 Å². The van der Waals surface area contributed by atoms with Crippen LogP contribution in [0.3, 0.4) is 0 Å². The number of hydrogen-bond acceptors (Lipinski definition) is 2. The molecule has 440 valence electrons. The van der Waals surface area contributed by atoms with Crippen molar-refractivity contribution < 1.29 is 168 Å². The van der Waals surface area contributed by atoms with Crippen LogP contribution in [0.4, 0.5) is 158 Å². The predicted molar refractivity (Wildman–Crippen MR) is 184 cm³/mol. The second-order valence-corrected chi connectivity index (χ2v) is 17.4. The molecule has 82 heavy (non-hydrogen) atoms. The molecule has 0 heterocycles. The molecule has 4 aromatic carbocycles. The fourth-order valence-electron chi connectivity index (χ4n) is 10.1. The maximum Gasteiger partial charge on any atom is 0.306 e. The van der Waals surface area contributed by atoms with E-state index in [1.807, 2.05) is 0 Å². The Morgan fingerprint density at radius 2 is 0.268 bits per heavy atom. The summed E-state index contributed by atoms with van der Waals surface area (Å²) in [6.07, 6.45) is 0. The van der Waals surface area contributed by atoms with Gasteiger partial charge in [-0.25, -0.2) is 70.2 Å². The molecule has 0 spiro atoms. The number of fused-ring (bicyclic) bond motifs is 4. The van der Waals surface area contributed by atoms with E-state index in [4.69, 9.17) is 0 Å². The maximum absolute atomic E-state index is 15.5. The van der Waals surface area contributed by atoms with Crippen molar-refractivity contribution in [3.63, 3.8) is 0 Å². The lowest BCUT2D eigenvalue weighted by molar-refractivity contribution is -0.141. The van der Waals surface area contributed by atoms with E-state index in [1.165, 1.54) is 0 Å². The van der Waals surface area contributed by atoms with E-state index < -0.39 is 253 Å². The van der Waals surface area contributed by atoms with Gasteiger partial charge in [-0.2, -0.15) is 87.8 Å². The molecule has 38 heteroatoms. The Hall–Kier alpha value is -7.34. The Kier molecular flexibility index (Phi) is 11.8. The third-order valence-electron chi connectivity index (χ3n) is 13.3. The van der Waals surface area contributed by atoms with Crippen LogP contribution in [0.15, 0.2) is 44.6 Å². The fourth-order valence-corrected chi connectivity index (χ4v) is 10.1. The Labute approximate surface area is 420 Å². The van der Waals surface area contributed by atoms with Crippen molar-refractivity contribution in [1.29, 1.82) is 0 Å². The summed E-state index contributed by atoms with van der Waals surface area (Å²) in [6, 6.07) is 0. The van der Waals surface area contributed by atoms with Gasteiger partial charge in [-0.1, -0.05) is 0 Å². The minimum Gasteiger partial charge on any atom is -0.289 e. The summed E-state index contributed by atoms with van der Waals surface area (Å²) in [5.74, 6) is -126. The highest BCUT2D eigenvalue weighted by atomic mass is 19.3. The Balaban J connectivity index is 0.000000198. The Bertz CT molecular complexity index is 3440. The maximum atomic E-state index is 15.5. The third-order valence-corrected chi connectivity index (χ3v) is 13.3. The van der Waals surface area contributed by atoms with Gasteiger partial charge in [0.25, 0.3) is 0 Å². The summed E-state index contributed by atoms with van der Waals surface area (Å²) < 4.78 is 529. The molecule has 0 bridgehead atoms. The SMILES string of the molecule is Fc1c(F)c(F)c2c(c1F)C(F)(F)C1=C(C(F)(F)C3=C(C1(F)F)C(F)(F)c1c(F)c(F)c(F)c(F)c1C3(F)F)C2(F)F.O=C1C2=C(C(=O)C3=C1C(F)(F)c1c(F)c(F)c(F)c(F)c1C3(F)F)C(F)(F)c1c(F)c(F)c(F)c(F)c1C2(F)F. The molecule has 0 saturated heterocycles. The van der Waals surface area contributed by atoms with Crippen LogP contribution in [0, 0.1) is 93.1 Å². The van der Waals surface area contributed by atoms with Crippen molar-refractivity contribution in [2.24, 2.45) is 0 Å². The molecular formula is C44F36O2. The van der Waals surface area contributed by atoms with Crippen LogP contribution < -0.4 is 0 Å². The van der Waals surface area contributed by atoms with Gasteiger partial charge in [0.05, 0.1) is 89.1 Å². The third kappa shape index (κ3) is 6.44. The molecule has 0 radical (unpaired) electrons. The first-order chi connectivity index (χ1) is 36.8. The number of hydrogen-bond donors (Lipinski definition) is 0. The first kappa shape index (κ1) is 59.3. The van der Waals surface area contributed by atoms with E-state index in [1.54, 1.807) is 0 Å². The minimum absolute atomic E-state index is 3.18. The average Bonchev–Trinajstić information content (AvgIpc) is 0.869. The number of carbonyl (C=O) groups is 2. The zero-order valence-electron chi connectivity index (χ0n) is 36.4. The van der Waals surface area contributed by atoms with Crippen molar-refractivity contribution in [2.75, 3.05) is 0 Å². The van der Waals surface area contributed by atoms with Crippen LogP contribution in [-0.2, 0) is 57.0 Å². The van der Waals surface area contributed by atoms with E-state index in [9.17, 15) is 79.8 Å². The van der Waals surface area contributed by atoms with Gasteiger partial charge in [-0.05, 0) is 0 Å². The number of carbonyl (C=O) groups excluding carboxylic acids is 2. The average molecular weight is 1240 g/mol. The molecule has 4 aromatic rings. The smallest absolute Gasteiger partial charge is 0.289 e. The highest BCUT2D eigenvalue weighted by Gasteiger charge is 2.81. The molecular weight excluding hydrogens is 1240 g/mol. The molecule has 0 fully saturated rings. The van der Waals surface area contributed by atoms with Crippen LogP contribution in [0.25, 0.3) is 0 Å². The lowest BCUT2D eigenvalue weighted by Gasteiger charge is -2.49. The second kappa shape index (κ2) is 16.3. The van der Waals surface area contributed by atoms with E-state index in [-0.39, 0.29) is 0 Å². The number of allylic oxidation sites excluding steroid dienone is 8. The molecule has 0 aromatic heterocycles. The summed E-state index contributed by atoms with van der Waals surface area (Å²) in [6.45, 7) is 0. The van der Waals surface area contributed by atoms with Gasteiger partial charge in [0.1, 0.15) is 0 Å². The topological polar surface area (TPSA) is 34.1 Å². The summed E-state index contributed by atoms with van der Waals surface area (Å²) in [5, 5.41) is 0. The largest absolute Gasteiger partial charge is 0.306 e. The monoisotopic (exact) mass is 1240 g/mol. The fraction of sp³-hybridized carbons (Fsp3) is 0.227. The highest BCUT2D eigenvalue weighted by Crippen LogP contribution is 2.73. The second-order valence-electron chi connectivity index (χ2n) is 17.4. The lowest BCUT2D eigenvalue weighted by Crippen LogP contribution is -2.58. The van der Waals surface area contributed by atoms with Gasteiger partial charge in [-0.3, -0.25) is 9.59 Å². The Morgan fingerprint density at radius 3 is 0.390 bits per heavy atom. The molecule has 10 rings (SSSR count). The predicted octanol–water partition coefficient (Wildman–Crippen LogP) is 15.4. The molecule has 0 atom stereocenters. The lowest BCUT2D eigenvalue weighted by atomic mass is 9.63. The number of Topliss-reactive ketones (excluding diaryl/α,β-unsaturated/α-hetero) is 2. The van der Waals surface area contributed by atoms with Crippen molar-refractivity contribution in [3.05, 3.63) is 182 Å². The van der Waals surface area contributed by atoms with Crippen LogP contribution in [0.5, 0.6) is 0 Å². The van der Waals surface area contributed by atoms with E-state index in [2.05, 4.69) is 0 Å². The van der Waals surface area contributed by atoms with E-state index >= 15 is 87.8 Å². The van der Waals surface area contributed by atoms with E-state index in [0.717, 1.165) is 0 Å². The molecule has 6 aliphatic carbocycles. The summed E-state index contributed by atoms with van der Waals surface area (Å²) in [7, 11) is 0. The summed E-state index contributed by atoms with van der Waals surface area (Å²) in [4.78, 5) is 25.6. The molecule has 6 aliphatic rings. The first-order valence-electron chi connectivity index (χ1n) is 20.2. The first-order valence-corrected chi connectivity index (χ1v) is 20.2. The van der Waals surface area contributed by atoms with Crippen molar-refractivity contribution in [2.45, 2.75) is 59.2 Å². The van der Waals surface area contributed by atoms with Crippen molar-refractivity contribution in [1.82, 2.24) is 0 Å².